The van der Waals surface area contributed by atoms with Gasteiger partial charge < -0.3 is 9.84 Å². The van der Waals surface area contributed by atoms with Gasteiger partial charge >= 0.3 is 6.18 Å². The smallest absolute Gasteiger partial charge is 0.403 e. The third-order valence-corrected chi connectivity index (χ3v) is 4.57. The van der Waals surface area contributed by atoms with Gasteiger partial charge in [0, 0.05) is 18.3 Å². The van der Waals surface area contributed by atoms with Crippen molar-refractivity contribution < 1.29 is 32.6 Å². The Morgan fingerprint density at radius 1 is 1.21 bits per heavy atom. The lowest BCUT2D eigenvalue weighted by atomic mass is 9.93. The predicted octanol–water partition coefficient (Wildman–Crippen LogP) is 2.40. The number of halogens is 3. The number of carbonyl (C=O) groups is 2. The number of benzene rings is 1. The second-order valence-electron chi connectivity index (χ2n) is 6.28. The first-order chi connectivity index (χ1) is 13.2. The molecule has 9 heteroatoms. The molecule has 1 aliphatic heterocycles. The molecule has 148 valence electrons. The van der Waals surface area contributed by atoms with Gasteiger partial charge in [0.15, 0.2) is 11.7 Å². The van der Waals surface area contributed by atoms with Gasteiger partial charge in [-0.1, -0.05) is 6.07 Å². The van der Waals surface area contributed by atoms with E-state index in [4.69, 9.17) is 4.74 Å². The zero-order valence-electron chi connectivity index (χ0n) is 14.8. The number of aliphatic hydroxyl groups excluding tert-OH is 1. The Labute approximate surface area is 158 Å². The van der Waals surface area contributed by atoms with E-state index < -0.39 is 29.9 Å². The summed E-state index contributed by atoms with van der Waals surface area (Å²) in [5, 5.41) is 10.2. The minimum Gasteiger partial charge on any atom is -0.497 e. The molecular weight excluding hydrogens is 377 g/mol. The molecule has 1 N–H and O–H groups in total. The van der Waals surface area contributed by atoms with E-state index in [0.29, 0.717) is 17.7 Å². The molecule has 0 fully saturated rings. The van der Waals surface area contributed by atoms with E-state index in [9.17, 15) is 27.9 Å². The number of methoxy groups -OCH3 is 1. The number of ether oxygens (including phenoxy) is 1. The summed E-state index contributed by atoms with van der Waals surface area (Å²) in [6.07, 6.45) is -5.97. The van der Waals surface area contributed by atoms with Crippen molar-refractivity contribution >= 4 is 17.5 Å². The van der Waals surface area contributed by atoms with Crippen LogP contribution in [0.2, 0.25) is 0 Å². The summed E-state index contributed by atoms with van der Waals surface area (Å²) in [5.74, 6) is -4.98. The van der Waals surface area contributed by atoms with Gasteiger partial charge in [-0.05, 0) is 42.3 Å². The van der Waals surface area contributed by atoms with Gasteiger partial charge in [-0.25, -0.2) is 4.98 Å². The highest BCUT2D eigenvalue weighted by molar-refractivity contribution is 6.05. The number of Topliss-reactive ketones (excluding diaryl/α,β-unsaturated/α-hetero) is 1. The first kappa shape index (κ1) is 19.8. The van der Waals surface area contributed by atoms with Crippen molar-refractivity contribution in [3.05, 3.63) is 53.7 Å². The number of carbonyl (C=O) groups excluding carboxylic acids is 2. The van der Waals surface area contributed by atoms with Crippen LogP contribution in [0.25, 0.3) is 0 Å². The van der Waals surface area contributed by atoms with Crippen LogP contribution in [-0.2, 0) is 11.2 Å². The number of hydrogen-bond donors (Lipinski definition) is 1. The Morgan fingerprint density at radius 3 is 2.50 bits per heavy atom. The van der Waals surface area contributed by atoms with Crippen LogP contribution < -0.4 is 9.64 Å². The molecule has 0 radical (unpaired) electrons. The molecule has 28 heavy (non-hydrogen) atoms. The molecule has 0 unspecified atom stereocenters. The average Bonchev–Trinajstić information content (AvgIpc) is 3.10. The molecule has 2 atom stereocenters. The summed E-state index contributed by atoms with van der Waals surface area (Å²) in [7, 11) is 1.39. The van der Waals surface area contributed by atoms with Crippen molar-refractivity contribution in [3.63, 3.8) is 0 Å². The quantitative estimate of drug-likeness (QED) is 0.788. The third-order valence-electron chi connectivity index (χ3n) is 4.57. The maximum absolute atomic E-state index is 13.6. The zero-order valence-corrected chi connectivity index (χ0v) is 14.8. The summed E-state index contributed by atoms with van der Waals surface area (Å²) in [4.78, 5) is 29.9. The van der Waals surface area contributed by atoms with Crippen molar-refractivity contribution in [1.82, 2.24) is 4.98 Å². The van der Waals surface area contributed by atoms with E-state index in [1.165, 1.54) is 37.6 Å². The summed E-state index contributed by atoms with van der Waals surface area (Å²) in [6.45, 7) is 0.00120. The lowest BCUT2D eigenvalue weighted by Crippen LogP contribution is -2.50. The van der Waals surface area contributed by atoms with Gasteiger partial charge in [-0.2, -0.15) is 13.2 Å². The van der Waals surface area contributed by atoms with Crippen LogP contribution >= 0.6 is 0 Å². The van der Waals surface area contributed by atoms with Crippen molar-refractivity contribution in [1.29, 1.82) is 0 Å². The van der Waals surface area contributed by atoms with Crippen LogP contribution in [0.3, 0.4) is 0 Å². The Hall–Kier alpha value is -2.94. The molecule has 0 aliphatic carbocycles. The molecule has 1 aromatic heterocycles. The number of anilines is 1. The van der Waals surface area contributed by atoms with Gasteiger partial charge in [-0.3, -0.25) is 14.5 Å². The number of pyridine rings is 1. The molecule has 2 aromatic rings. The topological polar surface area (TPSA) is 79.7 Å². The zero-order chi connectivity index (χ0) is 20.5. The number of fused-ring (bicyclic) bond motifs is 1. The molecule has 0 bridgehead atoms. The van der Waals surface area contributed by atoms with E-state index in [1.807, 2.05) is 0 Å². The standard InChI is InChI=1S/C19H17F3N2O4/c1-28-13-6-4-11(5-7-13)15(25)16(26)14(19(20,21)22)18(27)24-10-8-12-3-2-9-23-17(12)24/h2-7,9,14,16,26H,8,10H2,1H3/t14-,16+/m0/s1. The van der Waals surface area contributed by atoms with Gasteiger partial charge in [0.2, 0.25) is 5.91 Å². The number of ketones is 1. The van der Waals surface area contributed by atoms with Crippen LogP contribution in [0.15, 0.2) is 42.6 Å². The average molecular weight is 394 g/mol. The van der Waals surface area contributed by atoms with Gasteiger partial charge in [0.1, 0.15) is 17.7 Å². The normalized spacial score (nSPS) is 15.7. The molecule has 0 spiro atoms. The lowest BCUT2D eigenvalue weighted by molar-refractivity contribution is -0.195. The summed E-state index contributed by atoms with van der Waals surface area (Å²) >= 11 is 0. The van der Waals surface area contributed by atoms with Crippen LogP contribution in [0.1, 0.15) is 15.9 Å². The monoisotopic (exact) mass is 394 g/mol. The number of nitrogens with zero attached hydrogens (tertiary/aromatic N) is 2. The summed E-state index contributed by atoms with van der Waals surface area (Å²) in [5.41, 5.74) is 0.475. The van der Waals surface area contributed by atoms with E-state index in [2.05, 4.69) is 4.98 Å². The molecule has 1 aliphatic rings. The van der Waals surface area contributed by atoms with Gasteiger partial charge in [0.05, 0.1) is 7.11 Å². The largest absolute Gasteiger partial charge is 0.497 e. The molecule has 1 aromatic carbocycles. The summed E-state index contributed by atoms with van der Waals surface area (Å²) < 4.78 is 45.9. The maximum Gasteiger partial charge on any atom is 0.403 e. The van der Waals surface area contributed by atoms with Crippen molar-refractivity contribution in [2.75, 3.05) is 18.6 Å². The van der Waals surface area contributed by atoms with E-state index >= 15 is 0 Å². The lowest BCUT2D eigenvalue weighted by Gasteiger charge is -2.28. The highest BCUT2D eigenvalue weighted by atomic mass is 19.4. The SMILES string of the molecule is COc1ccc(C(=O)[C@H](O)[C@@H](C(=O)N2CCc3cccnc32)C(F)(F)F)cc1. The number of aromatic nitrogens is 1. The molecule has 3 rings (SSSR count). The van der Waals surface area contributed by atoms with Gasteiger partial charge in [0.25, 0.3) is 0 Å². The number of amides is 1. The summed E-state index contributed by atoms with van der Waals surface area (Å²) in [6, 6.07) is 8.51. The number of hydrogen-bond acceptors (Lipinski definition) is 5. The van der Waals surface area contributed by atoms with Crippen molar-refractivity contribution in [2.45, 2.75) is 18.7 Å². The van der Waals surface area contributed by atoms with Crippen LogP contribution in [0, 0.1) is 5.92 Å². The molecule has 2 heterocycles. The number of aliphatic hydroxyl groups is 1. The maximum atomic E-state index is 13.6. The molecule has 0 saturated heterocycles. The molecule has 1 amide bonds. The second-order valence-corrected chi connectivity index (χ2v) is 6.28. The third kappa shape index (κ3) is 3.70. The Balaban J connectivity index is 1.89. The molecule has 6 nitrogen and oxygen atoms in total. The van der Waals surface area contributed by atoms with E-state index in [-0.39, 0.29) is 17.9 Å². The van der Waals surface area contributed by atoms with Crippen LogP contribution in [-0.4, -0.2) is 47.7 Å². The highest BCUT2D eigenvalue weighted by Gasteiger charge is 2.54. The first-order valence-corrected chi connectivity index (χ1v) is 8.42. The second kappa shape index (κ2) is 7.59. The van der Waals surface area contributed by atoms with Crippen LogP contribution in [0.5, 0.6) is 5.75 Å². The Bertz CT molecular complexity index is 883. The van der Waals surface area contributed by atoms with Gasteiger partial charge in [-0.15, -0.1) is 0 Å². The highest BCUT2D eigenvalue weighted by Crippen LogP contribution is 2.35. The fraction of sp³-hybridized carbons (Fsp3) is 0.316. The minimum atomic E-state index is -5.11. The predicted molar refractivity (Wildman–Crippen MR) is 93.2 cm³/mol. The number of alkyl halides is 3. The molecule has 0 saturated carbocycles. The van der Waals surface area contributed by atoms with Crippen molar-refractivity contribution in [3.8, 4) is 5.75 Å². The minimum absolute atomic E-state index is 0.00120. The molecular formula is C19H17F3N2O4. The fourth-order valence-electron chi connectivity index (χ4n) is 3.12. The fourth-order valence-corrected chi connectivity index (χ4v) is 3.12. The van der Waals surface area contributed by atoms with Crippen LogP contribution in [0.4, 0.5) is 19.0 Å². The number of rotatable bonds is 5. The Kier molecular flexibility index (Phi) is 5.37. The van der Waals surface area contributed by atoms with Crippen molar-refractivity contribution in [2.24, 2.45) is 5.92 Å². The van der Waals surface area contributed by atoms with E-state index in [1.54, 1.807) is 12.1 Å². The Morgan fingerprint density at radius 2 is 1.89 bits per heavy atom. The van der Waals surface area contributed by atoms with E-state index in [0.717, 1.165) is 4.90 Å². The first-order valence-electron chi connectivity index (χ1n) is 8.42.